The number of amides is 1. The van der Waals surface area contributed by atoms with Gasteiger partial charge in [0.1, 0.15) is 67.1 Å². The second-order valence-electron chi connectivity index (χ2n) is 11.1. The van der Waals surface area contributed by atoms with E-state index >= 15 is 0 Å². The molecule has 0 radical (unpaired) electrons. The molecule has 3 rings (SSSR count). The van der Waals surface area contributed by atoms with Crippen molar-refractivity contribution < 1.29 is 107 Å². The van der Waals surface area contributed by atoms with Gasteiger partial charge in [0.25, 0.3) is 5.79 Å². The molecule has 3 saturated heterocycles. The highest BCUT2D eigenvalue weighted by Crippen LogP contribution is 2.37. The first kappa shape index (κ1) is 39.6. The third kappa shape index (κ3) is 9.26. The number of aliphatic carboxylic acids is 1. The van der Waals surface area contributed by atoms with E-state index in [-0.39, 0.29) is 0 Å². The second-order valence-corrected chi connectivity index (χ2v) is 12.2. The van der Waals surface area contributed by atoms with Crippen LogP contribution in [0.4, 0.5) is 0 Å². The van der Waals surface area contributed by atoms with E-state index < -0.39 is 146 Å². The summed E-state index contributed by atoms with van der Waals surface area (Å²) in [6, 6.07) is -1.61. The van der Waals surface area contributed by atoms with Crippen molar-refractivity contribution in [3.05, 3.63) is 0 Å². The normalized spacial score (nSPS) is 42.8. The molecule has 13 N–H and O–H groups in total. The van der Waals surface area contributed by atoms with Crippen molar-refractivity contribution in [3.63, 3.8) is 0 Å². The molecule has 274 valence electrons. The molecule has 0 aromatic heterocycles. The third-order valence-corrected chi connectivity index (χ3v) is 8.08. The van der Waals surface area contributed by atoms with E-state index in [4.69, 9.17) is 28.2 Å². The van der Waals surface area contributed by atoms with E-state index in [1.54, 1.807) is 0 Å². The van der Waals surface area contributed by atoms with Crippen molar-refractivity contribution in [2.45, 2.75) is 111 Å². The third-order valence-electron chi connectivity index (χ3n) is 7.65. The van der Waals surface area contributed by atoms with Crippen LogP contribution in [0.1, 0.15) is 13.3 Å². The van der Waals surface area contributed by atoms with Gasteiger partial charge < -0.3 is 85.2 Å². The quantitative estimate of drug-likeness (QED) is 0.0788. The zero-order chi connectivity index (χ0) is 35.6. The summed E-state index contributed by atoms with van der Waals surface area (Å²) in [5.74, 6) is -5.98. The number of carboxylic acids is 1. The molecule has 24 heteroatoms. The molecule has 0 bridgehead atoms. The largest absolute Gasteiger partial charge is 0.477 e. The molecule has 47 heavy (non-hydrogen) atoms. The number of aliphatic hydroxyl groups excluding tert-OH is 10. The summed E-state index contributed by atoms with van der Waals surface area (Å²) in [6.07, 6.45) is -29.4. The summed E-state index contributed by atoms with van der Waals surface area (Å²) in [5, 5.41) is 115. The molecule has 0 aromatic rings. The molecule has 0 aromatic carbocycles. The summed E-state index contributed by atoms with van der Waals surface area (Å²) >= 11 is 0. The first-order valence-corrected chi connectivity index (χ1v) is 15.2. The lowest BCUT2D eigenvalue weighted by Gasteiger charge is -2.50. The molecular formula is C23H39NO22S. The van der Waals surface area contributed by atoms with Crippen LogP contribution in [0.2, 0.25) is 0 Å². The lowest BCUT2D eigenvalue weighted by Crippen LogP contribution is -2.70. The number of nitrogens with one attached hydrogen (secondary N) is 1. The highest BCUT2D eigenvalue weighted by molar-refractivity contribution is 7.80. The van der Waals surface area contributed by atoms with Crippen LogP contribution < -0.4 is 5.32 Å². The van der Waals surface area contributed by atoms with Crippen LogP contribution in [-0.4, -0.2) is 198 Å². The highest BCUT2D eigenvalue weighted by Gasteiger charge is 2.59. The Labute approximate surface area is 265 Å². The van der Waals surface area contributed by atoms with Gasteiger partial charge in [-0.3, -0.25) is 9.35 Å². The number of hydrogen-bond donors (Lipinski definition) is 13. The molecule has 23 nitrogen and oxygen atoms in total. The molecule has 0 saturated carbocycles. The number of rotatable bonds is 13. The van der Waals surface area contributed by atoms with Crippen molar-refractivity contribution in [2.24, 2.45) is 0 Å². The molecule has 3 heterocycles. The van der Waals surface area contributed by atoms with E-state index in [1.165, 1.54) is 0 Å². The van der Waals surface area contributed by atoms with E-state index in [1.807, 2.05) is 0 Å². The zero-order valence-corrected chi connectivity index (χ0v) is 25.2. The van der Waals surface area contributed by atoms with Crippen LogP contribution in [0.25, 0.3) is 0 Å². The standard InChI is InChI=1S/C23H39NO22S/c1-6(26)24-11-7(27)2-23(22(36)37,45-18(11)12(29)8(28)3-25)46-19-14(31)10(5-42-47(38,39)40)44-21(17(19)34)41-4-9-13(30)15(32)16(33)20(35)43-9/h7-21,25,27-35H,2-5H2,1H3,(H,24,26)(H,36,37)(H,38,39,40)/t7-,8+,9+,10+,11+,12+,13+,14-,15-,16+,17+,18+,19-,20?,21+,23-/m0/s1. The smallest absolute Gasteiger partial charge is 0.397 e. The van der Waals surface area contributed by atoms with Gasteiger partial charge in [-0.15, -0.1) is 0 Å². The molecular weight excluding hydrogens is 674 g/mol. The summed E-state index contributed by atoms with van der Waals surface area (Å²) in [7, 11) is -5.18. The topological polar surface area (TPSA) is 378 Å². The van der Waals surface area contributed by atoms with E-state index in [0.29, 0.717) is 0 Å². The van der Waals surface area contributed by atoms with Gasteiger partial charge in [0.05, 0.1) is 32.0 Å². The number of carbonyl (C=O) groups is 2. The molecule has 3 aliphatic heterocycles. The van der Waals surface area contributed by atoms with E-state index in [9.17, 15) is 74.2 Å². The first-order chi connectivity index (χ1) is 21.7. The van der Waals surface area contributed by atoms with Crippen LogP contribution in [0, 0.1) is 0 Å². The maximum atomic E-state index is 12.6. The van der Waals surface area contributed by atoms with Crippen molar-refractivity contribution >= 4 is 22.3 Å². The monoisotopic (exact) mass is 713 g/mol. The highest BCUT2D eigenvalue weighted by atomic mass is 32.3. The molecule has 3 fully saturated rings. The van der Waals surface area contributed by atoms with E-state index in [0.717, 1.165) is 6.92 Å². The van der Waals surface area contributed by atoms with Crippen LogP contribution >= 0.6 is 0 Å². The maximum Gasteiger partial charge on any atom is 0.397 e. The molecule has 1 amide bonds. The van der Waals surface area contributed by atoms with Crippen LogP contribution in [0.3, 0.4) is 0 Å². The molecule has 1 unspecified atom stereocenters. The number of carboxylic acid groups (broad SMARTS) is 1. The second kappa shape index (κ2) is 15.8. The Morgan fingerprint density at radius 1 is 0.936 bits per heavy atom. The Balaban J connectivity index is 1.94. The lowest BCUT2D eigenvalue weighted by molar-refractivity contribution is -0.373. The van der Waals surface area contributed by atoms with Gasteiger partial charge in [-0.25, -0.2) is 8.98 Å². The van der Waals surface area contributed by atoms with Gasteiger partial charge in [-0.2, -0.15) is 8.42 Å². The van der Waals surface area contributed by atoms with Crippen LogP contribution in [0.15, 0.2) is 0 Å². The van der Waals surface area contributed by atoms with Crippen molar-refractivity contribution in [3.8, 4) is 0 Å². The van der Waals surface area contributed by atoms with Gasteiger partial charge in [0, 0.05) is 13.3 Å². The van der Waals surface area contributed by atoms with Crippen LogP contribution in [0.5, 0.6) is 0 Å². The molecule has 0 aliphatic carbocycles. The number of ether oxygens (including phenoxy) is 5. The van der Waals surface area contributed by atoms with Gasteiger partial charge >= 0.3 is 16.4 Å². The summed E-state index contributed by atoms with van der Waals surface area (Å²) in [4.78, 5) is 24.4. The predicted octanol–water partition coefficient (Wildman–Crippen LogP) is -8.40. The zero-order valence-electron chi connectivity index (χ0n) is 24.3. The molecule has 16 atom stereocenters. The average Bonchev–Trinajstić information content (AvgIpc) is 2.99. The van der Waals surface area contributed by atoms with Crippen LogP contribution in [-0.2, 0) is 47.9 Å². The number of aliphatic hydroxyl groups is 10. The van der Waals surface area contributed by atoms with Gasteiger partial charge in [-0.05, 0) is 0 Å². The fraction of sp³-hybridized carbons (Fsp3) is 0.913. The van der Waals surface area contributed by atoms with E-state index in [2.05, 4.69) is 9.50 Å². The predicted molar refractivity (Wildman–Crippen MR) is 140 cm³/mol. The summed E-state index contributed by atoms with van der Waals surface area (Å²) in [5.41, 5.74) is 0. The molecule has 0 spiro atoms. The first-order valence-electron chi connectivity index (χ1n) is 13.9. The van der Waals surface area contributed by atoms with Gasteiger partial charge in [-0.1, -0.05) is 0 Å². The van der Waals surface area contributed by atoms with Crippen molar-refractivity contribution in [1.82, 2.24) is 5.32 Å². The maximum absolute atomic E-state index is 12.6. The Hall–Kier alpha value is -1.79. The Morgan fingerprint density at radius 2 is 1.55 bits per heavy atom. The summed E-state index contributed by atoms with van der Waals surface area (Å²) < 4.78 is 62.2. The Bertz CT molecular complexity index is 1180. The fourth-order valence-corrected chi connectivity index (χ4v) is 5.50. The average molecular weight is 714 g/mol. The van der Waals surface area contributed by atoms with Crippen molar-refractivity contribution in [2.75, 3.05) is 19.8 Å². The number of hydrogen-bond acceptors (Lipinski definition) is 20. The Kier molecular flexibility index (Phi) is 13.4. The van der Waals surface area contributed by atoms with Gasteiger partial charge in [0.15, 0.2) is 12.6 Å². The molecule has 3 aliphatic rings. The van der Waals surface area contributed by atoms with Gasteiger partial charge in [0.2, 0.25) is 5.91 Å². The summed E-state index contributed by atoms with van der Waals surface area (Å²) in [6.45, 7) is -2.16. The fourth-order valence-electron chi connectivity index (χ4n) is 5.20. The lowest BCUT2D eigenvalue weighted by atomic mass is 9.88. The Morgan fingerprint density at radius 3 is 2.11 bits per heavy atom. The minimum atomic E-state index is -5.18. The minimum absolute atomic E-state index is 0.796. The van der Waals surface area contributed by atoms with Crippen molar-refractivity contribution in [1.29, 1.82) is 0 Å². The number of carbonyl (C=O) groups excluding carboxylic acids is 1. The minimum Gasteiger partial charge on any atom is -0.477 e. The SMILES string of the molecule is CC(=O)N[C@H]1[C@H]([C@H](O)[C@H](O)CO)O[C@@](O[C@H]2[C@@H](O)[C@@H](COS(=O)(=O)O)O[C@@H](OC[C@H]3OC(O)[C@H](O)[C@@H](O)[C@@H]3O)[C@@H]2O)(C(=O)O)C[C@@H]1O.